The number of furan rings is 1. The predicted molar refractivity (Wildman–Crippen MR) is 63.3 cm³/mol. The summed E-state index contributed by atoms with van der Waals surface area (Å²) < 4.78 is 10.9. The van der Waals surface area contributed by atoms with Gasteiger partial charge >= 0.3 is 0 Å². The molecule has 3 heteroatoms. The summed E-state index contributed by atoms with van der Waals surface area (Å²) in [4.78, 5) is 0. The quantitative estimate of drug-likeness (QED) is 0.852. The summed E-state index contributed by atoms with van der Waals surface area (Å²) in [6, 6.07) is 4.62. The molecule has 1 saturated carbocycles. The van der Waals surface area contributed by atoms with Gasteiger partial charge in [0.2, 0.25) is 0 Å². The molecule has 0 amide bonds. The second-order valence-corrected chi connectivity index (χ2v) is 4.61. The lowest BCUT2D eigenvalue weighted by atomic mass is 9.93. The molecule has 0 saturated heterocycles. The van der Waals surface area contributed by atoms with Crippen molar-refractivity contribution in [2.75, 3.05) is 7.11 Å². The number of ether oxygens (including phenoxy) is 1. The van der Waals surface area contributed by atoms with E-state index in [1.165, 1.54) is 19.3 Å². The minimum Gasteiger partial charge on any atom is -0.465 e. The molecular formula is C13H21NO2. The van der Waals surface area contributed by atoms with Crippen molar-refractivity contribution in [3.05, 3.63) is 23.7 Å². The lowest BCUT2D eigenvalue weighted by molar-refractivity contribution is 0.0583. The van der Waals surface area contributed by atoms with E-state index in [9.17, 15) is 0 Å². The highest BCUT2D eigenvalue weighted by atomic mass is 16.5. The number of methoxy groups -OCH3 is 1. The Morgan fingerprint density at radius 1 is 1.44 bits per heavy atom. The minimum atomic E-state index is 0.435. The molecule has 1 aromatic rings. The monoisotopic (exact) mass is 223 g/mol. The van der Waals surface area contributed by atoms with Gasteiger partial charge in [0.1, 0.15) is 11.5 Å². The third-order valence-electron chi connectivity index (χ3n) is 3.32. The van der Waals surface area contributed by atoms with E-state index in [4.69, 9.17) is 9.15 Å². The maximum absolute atomic E-state index is 5.53. The molecule has 3 nitrogen and oxygen atoms in total. The summed E-state index contributed by atoms with van der Waals surface area (Å²) in [6.07, 6.45) is 5.27. The van der Waals surface area contributed by atoms with Crippen molar-refractivity contribution in [3.8, 4) is 0 Å². The van der Waals surface area contributed by atoms with Crippen LogP contribution in [0.2, 0.25) is 0 Å². The molecule has 1 N–H and O–H groups in total. The van der Waals surface area contributed by atoms with Gasteiger partial charge in [0.25, 0.3) is 0 Å². The van der Waals surface area contributed by atoms with Gasteiger partial charge in [-0.15, -0.1) is 0 Å². The molecule has 1 fully saturated rings. The lowest BCUT2D eigenvalue weighted by Gasteiger charge is -2.28. The number of nitrogens with one attached hydrogen (secondary N) is 1. The third kappa shape index (κ3) is 3.09. The number of rotatable bonds is 4. The van der Waals surface area contributed by atoms with Crippen LogP contribution in [-0.2, 0) is 11.3 Å². The molecule has 2 rings (SSSR count). The van der Waals surface area contributed by atoms with Gasteiger partial charge in [0.15, 0.2) is 0 Å². The summed E-state index contributed by atoms with van der Waals surface area (Å²) in [7, 11) is 1.81. The third-order valence-corrected chi connectivity index (χ3v) is 3.32. The van der Waals surface area contributed by atoms with Crippen molar-refractivity contribution in [3.63, 3.8) is 0 Å². The summed E-state index contributed by atoms with van der Waals surface area (Å²) >= 11 is 0. The van der Waals surface area contributed by atoms with Crippen molar-refractivity contribution in [2.45, 2.75) is 51.3 Å². The second-order valence-electron chi connectivity index (χ2n) is 4.61. The van der Waals surface area contributed by atoms with Crippen LogP contribution in [0.4, 0.5) is 0 Å². The first kappa shape index (κ1) is 11.7. The van der Waals surface area contributed by atoms with Crippen LogP contribution in [0.1, 0.15) is 37.2 Å². The first-order valence-corrected chi connectivity index (χ1v) is 6.09. The van der Waals surface area contributed by atoms with E-state index in [1.54, 1.807) is 0 Å². The molecule has 0 bridgehead atoms. The Morgan fingerprint density at radius 2 is 2.31 bits per heavy atom. The molecule has 90 valence electrons. The maximum Gasteiger partial charge on any atom is 0.117 e. The zero-order valence-electron chi connectivity index (χ0n) is 10.2. The molecule has 1 aliphatic rings. The molecule has 1 heterocycles. The van der Waals surface area contributed by atoms with E-state index >= 15 is 0 Å². The van der Waals surface area contributed by atoms with Crippen LogP contribution >= 0.6 is 0 Å². The molecule has 0 spiro atoms. The smallest absolute Gasteiger partial charge is 0.117 e. The van der Waals surface area contributed by atoms with Crippen molar-refractivity contribution in [1.82, 2.24) is 5.32 Å². The van der Waals surface area contributed by atoms with Crippen molar-refractivity contribution >= 4 is 0 Å². The number of aryl methyl sites for hydroxylation is 1. The highest BCUT2D eigenvalue weighted by Crippen LogP contribution is 2.21. The minimum absolute atomic E-state index is 0.435. The fourth-order valence-electron chi connectivity index (χ4n) is 2.37. The van der Waals surface area contributed by atoms with Gasteiger partial charge in [-0.3, -0.25) is 0 Å². The average molecular weight is 223 g/mol. The molecule has 2 unspecified atom stereocenters. The predicted octanol–water partition coefficient (Wildman–Crippen LogP) is 2.64. The van der Waals surface area contributed by atoms with Crippen molar-refractivity contribution in [1.29, 1.82) is 0 Å². The fraction of sp³-hybridized carbons (Fsp3) is 0.692. The van der Waals surface area contributed by atoms with Gasteiger partial charge in [-0.25, -0.2) is 0 Å². The van der Waals surface area contributed by atoms with Gasteiger partial charge in [-0.05, 0) is 44.7 Å². The Bertz CT molecular complexity index is 321. The van der Waals surface area contributed by atoms with Crippen LogP contribution in [0.15, 0.2) is 16.5 Å². The second kappa shape index (κ2) is 5.51. The Balaban J connectivity index is 1.77. The zero-order chi connectivity index (χ0) is 11.4. The van der Waals surface area contributed by atoms with Crippen LogP contribution in [0.25, 0.3) is 0 Å². The molecule has 0 radical (unpaired) electrons. The van der Waals surface area contributed by atoms with E-state index in [0.717, 1.165) is 24.5 Å². The summed E-state index contributed by atoms with van der Waals surface area (Å²) in [5.74, 6) is 2.01. The molecule has 0 aromatic carbocycles. The van der Waals surface area contributed by atoms with Crippen LogP contribution in [0.3, 0.4) is 0 Å². The Kier molecular flexibility index (Phi) is 4.02. The van der Waals surface area contributed by atoms with E-state index in [0.29, 0.717) is 12.1 Å². The van der Waals surface area contributed by atoms with E-state index in [2.05, 4.69) is 5.32 Å². The number of hydrogen-bond acceptors (Lipinski definition) is 3. The van der Waals surface area contributed by atoms with E-state index in [-0.39, 0.29) is 0 Å². The first-order chi connectivity index (χ1) is 7.78. The number of hydrogen-bond donors (Lipinski definition) is 1. The summed E-state index contributed by atoms with van der Waals surface area (Å²) in [5.41, 5.74) is 0. The van der Waals surface area contributed by atoms with Crippen LogP contribution < -0.4 is 5.32 Å². The molecule has 0 aliphatic heterocycles. The Morgan fingerprint density at radius 3 is 3.00 bits per heavy atom. The topological polar surface area (TPSA) is 34.4 Å². The van der Waals surface area contributed by atoms with E-state index < -0.39 is 0 Å². The van der Waals surface area contributed by atoms with Crippen LogP contribution in [0, 0.1) is 6.92 Å². The van der Waals surface area contributed by atoms with Gasteiger partial charge in [-0.1, -0.05) is 0 Å². The summed E-state index contributed by atoms with van der Waals surface area (Å²) in [6.45, 7) is 2.81. The van der Waals surface area contributed by atoms with Gasteiger partial charge < -0.3 is 14.5 Å². The van der Waals surface area contributed by atoms with Crippen LogP contribution in [0.5, 0.6) is 0 Å². The largest absolute Gasteiger partial charge is 0.465 e. The average Bonchev–Trinajstić information content (AvgIpc) is 2.73. The SMILES string of the molecule is COC1CCCC(NCc2ccc(C)o2)C1. The standard InChI is InChI=1S/C13H21NO2/c1-10-6-7-13(16-10)9-14-11-4-3-5-12(8-11)15-2/h6-7,11-12,14H,3-5,8-9H2,1-2H3. The fourth-order valence-corrected chi connectivity index (χ4v) is 2.37. The normalized spacial score (nSPS) is 25.9. The van der Waals surface area contributed by atoms with E-state index in [1.807, 2.05) is 26.2 Å². The van der Waals surface area contributed by atoms with Crippen molar-refractivity contribution in [2.24, 2.45) is 0 Å². The maximum atomic E-state index is 5.53. The molecular weight excluding hydrogens is 202 g/mol. The Hall–Kier alpha value is -0.800. The molecule has 16 heavy (non-hydrogen) atoms. The van der Waals surface area contributed by atoms with Gasteiger partial charge in [0.05, 0.1) is 12.6 Å². The Labute approximate surface area is 97.2 Å². The molecule has 1 aromatic heterocycles. The highest BCUT2D eigenvalue weighted by molar-refractivity contribution is 5.05. The zero-order valence-corrected chi connectivity index (χ0v) is 10.2. The summed E-state index contributed by atoms with van der Waals surface area (Å²) in [5, 5.41) is 3.54. The van der Waals surface area contributed by atoms with Gasteiger partial charge in [-0.2, -0.15) is 0 Å². The van der Waals surface area contributed by atoms with Gasteiger partial charge in [0, 0.05) is 13.2 Å². The molecule has 1 aliphatic carbocycles. The highest BCUT2D eigenvalue weighted by Gasteiger charge is 2.21. The first-order valence-electron chi connectivity index (χ1n) is 6.09. The molecule has 2 atom stereocenters. The lowest BCUT2D eigenvalue weighted by Crippen LogP contribution is -2.36. The van der Waals surface area contributed by atoms with Crippen molar-refractivity contribution < 1.29 is 9.15 Å². The van der Waals surface area contributed by atoms with Crippen LogP contribution in [-0.4, -0.2) is 19.3 Å².